The fourth-order valence-corrected chi connectivity index (χ4v) is 4.53. The lowest BCUT2D eigenvalue weighted by Gasteiger charge is -2.21. The van der Waals surface area contributed by atoms with Crippen molar-refractivity contribution >= 4 is 34.9 Å². The van der Waals surface area contributed by atoms with E-state index in [1.54, 1.807) is 12.1 Å². The number of aryl methyl sites for hydroxylation is 1. The number of nitro groups is 1. The third-order valence-corrected chi connectivity index (χ3v) is 6.53. The highest BCUT2D eigenvalue weighted by atomic mass is 16.6. The monoisotopic (exact) mass is 506 g/mol. The van der Waals surface area contributed by atoms with Crippen LogP contribution in [0.4, 0.5) is 28.8 Å². The molecule has 0 bridgehead atoms. The summed E-state index contributed by atoms with van der Waals surface area (Å²) in [4.78, 5) is 24.5. The molecule has 1 aromatic carbocycles. The van der Waals surface area contributed by atoms with Gasteiger partial charge < -0.3 is 30.2 Å². The smallest absolute Gasteiger partial charge is 0.294 e. The van der Waals surface area contributed by atoms with Gasteiger partial charge in [-0.1, -0.05) is 19.1 Å². The zero-order valence-corrected chi connectivity index (χ0v) is 22.1. The molecule has 0 amide bonds. The predicted octanol–water partition coefficient (Wildman–Crippen LogP) is 3.93. The predicted molar refractivity (Wildman–Crippen MR) is 148 cm³/mol. The molecule has 0 fully saturated rings. The molecule has 0 radical (unpaired) electrons. The average Bonchev–Trinajstić information content (AvgIpc) is 3.17. The zero-order valence-electron chi connectivity index (χ0n) is 22.1. The van der Waals surface area contributed by atoms with Crippen molar-refractivity contribution in [1.82, 2.24) is 19.4 Å². The first kappa shape index (κ1) is 26.0. The number of nitro benzene ring substituents is 1. The molecule has 0 aliphatic heterocycles. The van der Waals surface area contributed by atoms with Gasteiger partial charge >= 0.3 is 0 Å². The minimum Gasteiger partial charge on any atom is -0.491 e. The summed E-state index contributed by atoms with van der Waals surface area (Å²) in [6.07, 6.45) is 7.23. The lowest BCUT2D eigenvalue weighted by Crippen LogP contribution is -2.28. The molecule has 11 nitrogen and oxygen atoms in total. The molecule has 4 rings (SSSR count). The molecule has 2 aromatic heterocycles. The van der Waals surface area contributed by atoms with Gasteiger partial charge in [0.15, 0.2) is 11.6 Å². The average molecular weight is 507 g/mol. The third kappa shape index (κ3) is 5.36. The molecule has 37 heavy (non-hydrogen) atoms. The summed E-state index contributed by atoms with van der Waals surface area (Å²) in [6.45, 7) is 3.60. The Balaban J connectivity index is 1.71. The number of nitrogens with two attached hydrogens (primary N) is 1. The number of allylic oxidation sites excluding steroid dienone is 1. The Bertz CT molecular complexity index is 1350. The molecule has 0 saturated heterocycles. The third-order valence-electron chi connectivity index (χ3n) is 6.53. The van der Waals surface area contributed by atoms with Gasteiger partial charge in [0.1, 0.15) is 11.4 Å². The van der Waals surface area contributed by atoms with Crippen LogP contribution < -0.4 is 20.7 Å². The van der Waals surface area contributed by atoms with E-state index in [1.165, 1.54) is 18.9 Å². The molecule has 1 aliphatic carbocycles. The molecule has 1 unspecified atom stereocenters. The Kier molecular flexibility index (Phi) is 7.35. The number of nitrogen functional groups attached to an aromatic ring is 1. The maximum absolute atomic E-state index is 11.9. The van der Waals surface area contributed by atoms with Crippen molar-refractivity contribution in [2.24, 2.45) is 13.0 Å². The summed E-state index contributed by atoms with van der Waals surface area (Å²) < 4.78 is 7.68. The number of fused-ring (bicyclic) bond motifs is 1. The van der Waals surface area contributed by atoms with Crippen LogP contribution in [0.2, 0.25) is 0 Å². The van der Waals surface area contributed by atoms with Crippen molar-refractivity contribution in [3.8, 4) is 17.0 Å². The maximum Gasteiger partial charge on any atom is 0.294 e. The Labute approximate surface area is 216 Å². The van der Waals surface area contributed by atoms with Crippen molar-refractivity contribution in [3.05, 3.63) is 51.8 Å². The first-order chi connectivity index (χ1) is 17.6. The number of nitrogens with zero attached hydrogens (tertiary/aromatic N) is 6. The summed E-state index contributed by atoms with van der Waals surface area (Å²) in [7, 11) is 9.32. The standard InChI is InChI=1S/C26H34N8O3/c1-16-7-9-18-19(15-33(5)21(18)13-16)23-24(37-6)25(27)30-26(29-23)28-17-8-10-20(22(14-17)34(35)36)32(4)12-11-31(2)3/h7-10,14-16H,11-13H2,1-6H3,(H3,27,28,29,30). The minimum atomic E-state index is -0.384. The van der Waals surface area contributed by atoms with Crippen molar-refractivity contribution < 1.29 is 9.66 Å². The van der Waals surface area contributed by atoms with Gasteiger partial charge in [-0.3, -0.25) is 10.1 Å². The van der Waals surface area contributed by atoms with Crippen molar-refractivity contribution in [2.75, 3.05) is 57.3 Å². The normalized spacial score (nSPS) is 14.5. The minimum absolute atomic E-state index is 0.00986. The topological polar surface area (TPSA) is 128 Å². The summed E-state index contributed by atoms with van der Waals surface area (Å²) >= 11 is 0. The molecule has 11 heteroatoms. The van der Waals surface area contributed by atoms with Crippen LogP contribution in [0.15, 0.2) is 30.5 Å². The Morgan fingerprint density at radius 3 is 2.70 bits per heavy atom. The van der Waals surface area contributed by atoms with Crippen LogP contribution in [0.1, 0.15) is 18.2 Å². The number of ether oxygens (including phenoxy) is 1. The molecule has 3 aromatic rings. The van der Waals surface area contributed by atoms with Gasteiger partial charge in [0.25, 0.3) is 5.69 Å². The van der Waals surface area contributed by atoms with E-state index >= 15 is 0 Å². The molecule has 0 spiro atoms. The first-order valence-corrected chi connectivity index (χ1v) is 12.1. The van der Waals surface area contributed by atoms with E-state index in [9.17, 15) is 10.1 Å². The lowest BCUT2D eigenvalue weighted by molar-refractivity contribution is -0.384. The second-order valence-electron chi connectivity index (χ2n) is 9.68. The Morgan fingerprint density at radius 2 is 2.03 bits per heavy atom. The fraction of sp³-hybridized carbons (Fsp3) is 0.385. The molecule has 1 atom stereocenters. The summed E-state index contributed by atoms with van der Waals surface area (Å²) in [5, 5.41) is 15.0. The number of likely N-dealkylation sites (N-methyl/N-ethyl adjacent to an activating group) is 2. The fourth-order valence-electron chi connectivity index (χ4n) is 4.53. The Morgan fingerprint density at radius 1 is 1.27 bits per heavy atom. The number of anilines is 4. The number of nitrogens with one attached hydrogen (secondary N) is 1. The zero-order chi connectivity index (χ0) is 26.9. The van der Waals surface area contributed by atoms with Crippen LogP contribution in [0, 0.1) is 16.0 Å². The van der Waals surface area contributed by atoms with Crippen LogP contribution >= 0.6 is 0 Å². The number of aromatic nitrogens is 3. The first-order valence-electron chi connectivity index (χ1n) is 12.1. The number of rotatable bonds is 9. The van der Waals surface area contributed by atoms with Crippen molar-refractivity contribution in [3.63, 3.8) is 0 Å². The number of methoxy groups -OCH3 is 1. The number of benzene rings is 1. The van der Waals surface area contributed by atoms with E-state index in [2.05, 4.69) is 33.9 Å². The van der Waals surface area contributed by atoms with Gasteiger partial charge in [0.05, 0.1) is 12.0 Å². The highest BCUT2D eigenvalue weighted by molar-refractivity contribution is 5.82. The SMILES string of the molecule is COc1c(N)nc(Nc2ccc(N(C)CCN(C)C)c([N+](=O)[O-])c2)nc1-c1cn(C)c2c1C=CC(C)C2. The van der Waals surface area contributed by atoms with Gasteiger partial charge in [0, 0.05) is 62.0 Å². The second-order valence-corrected chi connectivity index (χ2v) is 9.68. The van der Waals surface area contributed by atoms with E-state index in [0.717, 1.165) is 24.1 Å². The molecular formula is C26H34N8O3. The van der Waals surface area contributed by atoms with Gasteiger partial charge in [0.2, 0.25) is 5.95 Å². The van der Waals surface area contributed by atoms with Crippen LogP contribution in [-0.2, 0) is 13.5 Å². The van der Waals surface area contributed by atoms with E-state index < -0.39 is 0 Å². The molecule has 3 N–H and O–H groups in total. The molecular weight excluding hydrogens is 472 g/mol. The van der Waals surface area contributed by atoms with Gasteiger partial charge in [-0.15, -0.1) is 0 Å². The van der Waals surface area contributed by atoms with Crippen molar-refractivity contribution in [1.29, 1.82) is 0 Å². The Hall–Kier alpha value is -4.12. The largest absolute Gasteiger partial charge is 0.491 e. The van der Waals surface area contributed by atoms with E-state index in [1.807, 2.05) is 44.2 Å². The van der Waals surface area contributed by atoms with Crippen LogP contribution in [-0.4, -0.2) is 65.7 Å². The van der Waals surface area contributed by atoms with Gasteiger partial charge in [-0.25, -0.2) is 4.98 Å². The highest BCUT2D eigenvalue weighted by Gasteiger charge is 2.24. The van der Waals surface area contributed by atoms with E-state index in [4.69, 9.17) is 15.5 Å². The van der Waals surface area contributed by atoms with Gasteiger partial charge in [-0.05, 0) is 38.6 Å². The van der Waals surface area contributed by atoms with Crippen LogP contribution in [0.3, 0.4) is 0 Å². The van der Waals surface area contributed by atoms with E-state index in [-0.39, 0.29) is 22.4 Å². The lowest BCUT2D eigenvalue weighted by atomic mass is 9.93. The number of hydrogen-bond acceptors (Lipinski definition) is 9. The van der Waals surface area contributed by atoms with Crippen LogP contribution in [0.5, 0.6) is 5.75 Å². The second kappa shape index (κ2) is 10.5. The number of hydrogen-bond donors (Lipinski definition) is 2. The van der Waals surface area contributed by atoms with Gasteiger partial charge in [-0.2, -0.15) is 4.98 Å². The summed E-state index contributed by atoms with van der Waals surface area (Å²) in [5.41, 5.74) is 11.0. The van der Waals surface area contributed by atoms with E-state index in [0.29, 0.717) is 35.3 Å². The molecule has 196 valence electrons. The molecule has 2 heterocycles. The molecule has 0 saturated carbocycles. The quantitative estimate of drug-likeness (QED) is 0.328. The maximum atomic E-state index is 11.9. The molecule has 1 aliphatic rings. The summed E-state index contributed by atoms with van der Waals surface area (Å²) in [5.74, 6) is 1.23. The van der Waals surface area contributed by atoms with Crippen molar-refractivity contribution in [2.45, 2.75) is 13.3 Å². The highest BCUT2D eigenvalue weighted by Crippen LogP contribution is 2.40. The summed E-state index contributed by atoms with van der Waals surface area (Å²) in [6, 6.07) is 4.98. The van der Waals surface area contributed by atoms with Crippen LogP contribution in [0.25, 0.3) is 17.3 Å².